The molecule has 0 fully saturated rings. The van der Waals surface area contributed by atoms with E-state index in [1.165, 1.54) is 0 Å². The molecule has 1 heterocycles. The molecule has 0 radical (unpaired) electrons. The van der Waals surface area contributed by atoms with Gasteiger partial charge in [0.1, 0.15) is 17.4 Å². The van der Waals surface area contributed by atoms with E-state index in [1.54, 1.807) is 11.3 Å². The first kappa shape index (κ1) is 16.0. The molecule has 1 N–H and O–H groups in total. The maximum atomic E-state index is 5.75. The number of ether oxygens (including phenoxy) is 1. The van der Waals surface area contributed by atoms with Crippen LogP contribution in [0.3, 0.4) is 0 Å². The van der Waals surface area contributed by atoms with Crippen LogP contribution in [-0.2, 0) is 0 Å². The third-order valence-electron chi connectivity index (χ3n) is 3.56. The Bertz CT molecular complexity index is 548. The minimum Gasteiger partial charge on any atom is -0.492 e. The second-order valence-electron chi connectivity index (χ2n) is 5.65. The number of aryl methyl sites for hydroxylation is 1. The lowest BCUT2D eigenvalue weighted by Gasteiger charge is -2.17. The fourth-order valence-electron chi connectivity index (χ4n) is 1.87. The molecule has 1 atom stereocenters. The number of hydrogen-bond donors (Lipinski definition) is 1. The van der Waals surface area contributed by atoms with E-state index in [-0.39, 0.29) is 0 Å². The third kappa shape index (κ3) is 4.83. The van der Waals surface area contributed by atoms with Gasteiger partial charge in [0.15, 0.2) is 0 Å². The summed E-state index contributed by atoms with van der Waals surface area (Å²) in [7, 11) is 0. The zero-order chi connectivity index (χ0) is 15.2. The summed E-state index contributed by atoms with van der Waals surface area (Å²) in [6.07, 6.45) is 0. The van der Waals surface area contributed by atoms with Gasteiger partial charge in [0.2, 0.25) is 0 Å². The molecule has 0 amide bonds. The molecule has 1 aromatic heterocycles. The van der Waals surface area contributed by atoms with Gasteiger partial charge in [0, 0.05) is 29.2 Å². The van der Waals surface area contributed by atoms with Crippen molar-refractivity contribution in [3.05, 3.63) is 35.3 Å². The van der Waals surface area contributed by atoms with E-state index in [4.69, 9.17) is 4.74 Å². The Kier molecular flexibility index (Phi) is 5.76. The van der Waals surface area contributed by atoms with E-state index in [0.29, 0.717) is 18.6 Å². The Labute approximate surface area is 131 Å². The average molecular weight is 304 g/mol. The standard InChI is InChI=1S/C17H24N2OS/c1-12(2)14(4)18-9-10-20-16-7-5-15(6-8-16)17-19-13(3)11-21-17/h5-8,11-12,14,18H,9-10H2,1-4H3. The molecule has 0 spiro atoms. The van der Waals surface area contributed by atoms with Crippen LogP contribution >= 0.6 is 11.3 Å². The lowest BCUT2D eigenvalue weighted by molar-refractivity contribution is 0.297. The summed E-state index contributed by atoms with van der Waals surface area (Å²) in [5, 5.41) is 6.59. The number of thiazole rings is 1. The average Bonchev–Trinajstić information content (AvgIpc) is 2.90. The van der Waals surface area contributed by atoms with E-state index in [0.717, 1.165) is 28.6 Å². The summed E-state index contributed by atoms with van der Waals surface area (Å²) in [5.41, 5.74) is 2.22. The van der Waals surface area contributed by atoms with Crippen molar-refractivity contribution in [3.63, 3.8) is 0 Å². The van der Waals surface area contributed by atoms with E-state index in [9.17, 15) is 0 Å². The van der Waals surface area contributed by atoms with Crippen molar-refractivity contribution in [2.24, 2.45) is 5.92 Å². The molecular formula is C17H24N2OS. The van der Waals surface area contributed by atoms with E-state index in [1.807, 2.05) is 19.1 Å². The van der Waals surface area contributed by atoms with Crippen LogP contribution in [0.5, 0.6) is 5.75 Å². The van der Waals surface area contributed by atoms with Crippen LogP contribution in [0.1, 0.15) is 26.5 Å². The van der Waals surface area contributed by atoms with Gasteiger partial charge in [-0.25, -0.2) is 4.98 Å². The van der Waals surface area contributed by atoms with E-state index >= 15 is 0 Å². The highest BCUT2D eigenvalue weighted by atomic mass is 32.1. The molecule has 114 valence electrons. The lowest BCUT2D eigenvalue weighted by atomic mass is 10.1. The SMILES string of the molecule is Cc1csc(-c2ccc(OCCNC(C)C(C)C)cc2)n1. The number of nitrogens with zero attached hydrogens (tertiary/aromatic N) is 1. The maximum absolute atomic E-state index is 5.75. The van der Waals surface area contributed by atoms with E-state index in [2.05, 4.69) is 48.6 Å². The molecule has 3 nitrogen and oxygen atoms in total. The Morgan fingerprint density at radius 1 is 1.19 bits per heavy atom. The zero-order valence-electron chi connectivity index (χ0n) is 13.2. The van der Waals surface area contributed by atoms with Crippen LogP contribution in [0.15, 0.2) is 29.6 Å². The number of hydrogen-bond acceptors (Lipinski definition) is 4. The van der Waals surface area contributed by atoms with Gasteiger partial charge in [-0.2, -0.15) is 0 Å². The molecule has 0 aliphatic heterocycles. The van der Waals surface area contributed by atoms with Crippen LogP contribution in [0, 0.1) is 12.8 Å². The summed E-state index contributed by atoms with van der Waals surface area (Å²) in [6.45, 7) is 10.2. The van der Waals surface area contributed by atoms with Gasteiger partial charge in [0.25, 0.3) is 0 Å². The highest BCUT2D eigenvalue weighted by Crippen LogP contribution is 2.25. The van der Waals surface area contributed by atoms with Crippen molar-refractivity contribution >= 4 is 11.3 Å². The molecule has 21 heavy (non-hydrogen) atoms. The van der Waals surface area contributed by atoms with Crippen molar-refractivity contribution < 1.29 is 4.74 Å². The molecule has 0 aliphatic rings. The molecule has 4 heteroatoms. The first-order valence-electron chi connectivity index (χ1n) is 7.45. The Balaban J connectivity index is 1.80. The zero-order valence-corrected chi connectivity index (χ0v) is 14.0. The van der Waals surface area contributed by atoms with Gasteiger partial charge in [0.05, 0.1) is 0 Å². The smallest absolute Gasteiger partial charge is 0.123 e. The molecule has 0 saturated heterocycles. The highest BCUT2D eigenvalue weighted by Gasteiger charge is 2.05. The predicted octanol–water partition coefficient (Wildman–Crippen LogP) is 4.13. The van der Waals surface area contributed by atoms with E-state index < -0.39 is 0 Å². The van der Waals surface area contributed by atoms with Crippen LogP contribution < -0.4 is 10.1 Å². The first-order valence-corrected chi connectivity index (χ1v) is 8.33. The Morgan fingerprint density at radius 2 is 1.90 bits per heavy atom. The minimum absolute atomic E-state index is 0.518. The quantitative estimate of drug-likeness (QED) is 0.781. The first-order chi connectivity index (χ1) is 10.1. The monoisotopic (exact) mass is 304 g/mol. The van der Waals surface area contributed by atoms with Gasteiger partial charge in [-0.3, -0.25) is 0 Å². The van der Waals surface area contributed by atoms with Gasteiger partial charge < -0.3 is 10.1 Å². The maximum Gasteiger partial charge on any atom is 0.123 e. The summed E-state index contributed by atoms with van der Waals surface area (Å²) in [5.74, 6) is 1.55. The van der Waals surface area contributed by atoms with Crippen LogP contribution in [0.25, 0.3) is 10.6 Å². The molecule has 2 rings (SSSR count). The molecule has 0 saturated carbocycles. The third-order valence-corrected chi connectivity index (χ3v) is 4.57. The fourth-order valence-corrected chi connectivity index (χ4v) is 2.68. The summed E-state index contributed by atoms with van der Waals surface area (Å²) in [6, 6.07) is 8.68. The number of nitrogens with one attached hydrogen (secondary N) is 1. The van der Waals surface area contributed by atoms with Crippen molar-refractivity contribution in [2.75, 3.05) is 13.2 Å². The van der Waals surface area contributed by atoms with Crippen LogP contribution in [0.2, 0.25) is 0 Å². The lowest BCUT2D eigenvalue weighted by Crippen LogP contribution is -2.33. The number of aromatic nitrogens is 1. The largest absolute Gasteiger partial charge is 0.492 e. The summed E-state index contributed by atoms with van der Waals surface area (Å²) >= 11 is 1.67. The van der Waals surface area contributed by atoms with Crippen molar-refractivity contribution in [2.45, 2.75) is 33.7 Å². The predicted molar refractivity (Wildman–Crippen MR) is 90.1 cm³/mol. The fraction of sp³-hybridized carbons (Fsp3) is 0.471. The molecule has 2 aromatic rings. The Morgan fingerprint density at radius 3 is 2.48 bits per heavy atom. The minimum atomic E-state index is 0.518. The summed E-state index contributed by atoms with van der Waals surface area (Å²) < 4.78 is 5.75. The molecule has 1 unspecified atom stereocenters. The summed E-state index contributed by atoms with van der Waals surface area (Å²) in [4.78, 5) is 4.49. The molecular weight excluding hydrogens is 280 g/mol. The number of rotatable bonds is 7. The molecule has 1 aromatic carbocycles. The van der Waals surface area contributed by atoms with Crippen molar-refractivity contribution in [1.29, 1.82) is 0 Å². The van der Waals surface area contributed by atoms with Gasteiger partial charge in [-0.15, -0.1) is 11.3 Å². The van der Waals surface area contributed by atoms with Gasteiger partial charge in [-0.1, -0.05) is 13.8 Å². The van der Waals surface area contributed by atoms with Crippen molar-refractivity contribution in [1.82, 2.24) is 10.3 Å². The molecule has 0 bridgehead atoms. The van der Waals surface area contributed by atoms with Gasteiger partial charge in [-0.05, 0) is 44.0 Å². The highest BCUT2D eigenvalue weighted by molar-refractivity contribution is 7.13. The second-order valence-corrected chi connectivity index (χ2v) is 6.51. The van der Waals surface area contributed by atoms with Crippen molar-refractivity contribution in [3.8, 4) is 16.3 Å². The Hall–Kier alpha value is -1.39. The normalized spacial score (nSPS) is 12.6. The van der Waals surface area contributed by atoms with Crippen LogP contribution in [0.4, 0.5) is 0 Å². The number of benzene rings is 1. The molecule has 0 aliphatic carbocycles. The van der Waals surface area contributed by atoms with Gasteiger partial charge >= 0.3 is 0 Å². The topological polar surface area (TPSA) is 34.1 Å². The van der Waals surface area contributed by atoms with Crippen LogP contribution in [-0.4, -0.2) is 24.2 Å². The second kappa shape index (κ2) is 7.57.